The number of allylic oxidation sites excluding steroid dienone is 1. The van der Waals surface area contributed by atoms with E-state index >= 15 is 0 Å². The fourth-order valence-electron chi connectivity index (χ4n) is 3.42. The molecule has 0 bridgehead atoms. The maximum Gasteiger partial charge on any atom is 0.219 e. The van der Waals surface area contributed by atoms with Crippen molar-refractivity contribution >= 4 is 6.08 Å². The van der Waals surface area contributed by atoms with Crippen molar-refractivity contribution in [3.63, 3.8) is 0 Å². The molecule has 130 valence electrons. The third-order valence-corrected chi connectivity index (χ3v) is 4.80. The lowest BCUT2D eigenvalue weighted by atomic mass is 9.88. The lowest BCUT2D eigenvalue weighted by Crippen LogP contribution is -2.33. The number of nitrogens with zero attached hydrogens (tertiary/aromatic N) is 1. The van der Waals surface area contributed by atoms with Crippen LogP contribution >= 0.6 is 0 Å². The van der Waals surface area contributed by atoms with Gasteiger partial charge in [-0.2, -0.15) is 0 Å². The van der Waals surface area contributed by atoms with Crippen molar-refractivity contribution in [1.29, 1.82) is 0 Å². The molecule has 2 fully saturated rings. The van der Waals surface area contributed by atoms with Crippen molar-refractivity contribution in [2.24, 2.45) is 0 Å². The average molecular weight is 337 g/mol. The van der Waals surface area contributed by atoms with E-state index in [1.165, 1.54) is 5.57 Å². The molecule has 0 unspecified atom stereocenters. The molecule has 2 heterocycles. The molecule has 1 aliphatic carbocycles. The maximum atomic E-state index is 5.86. The Morgan fingerprint density at radius 1 is 1.08 bits per heavy atom. The molecule has 0 radical (unpaired) electrons. The molecule has 2 aliphatic rings. The molecule has 4 nitrogen and oxygen atoms in total. The summed E-state index contributed by atoms with van der Waals surface area (Å²) >= 11 is 0. The van der Waals surface area contributed by atoms with Crippen molar-refractivity contribution < 1.29 is 14.2 Å². The van der Waals surface area contributed by atoms with Gasteiger partial charge in [-0.25, -0.2) is 4.98 Å². The largest absolute Gasteiger partial charge is 0.439 e. The summed E-state index contributed by atoms with van der Waals surface area (Å²) in [7, 11) is 0. The topological polar surface area (TPSA) is 40.6 Å². The van der Waals surface area contributed by atoms with E-state index < -0.39 is 0 Å². The summed E-state index contributed by atoms with van der Waals surface area (Å²) in [5.74, 6) is 1.12. The number of benzene rings is 1. The molecule has 25 heavy (non-hydrogen) atoms. The summed E-state index contributed by atoms with van der Waals surface area (Å²) in [6, 6.07) is 12.0. The van der Waals surface area contributed by atoms with Gasteiger partial charge in [0.2, 0.25) is 5.88 Å². The summed E-state index contributed by atoms with van der Waals surface area (Å²) < 4.78 is 17.5. The second-order valence-electron chi connectivity index (χ2n) is 6.76. The highest BCUT2D eigenvalue weighted by molar-refractivity contribution is 5.55. The Labute approximate surface area is 148 Å². The van der Waals surface area contributed by atoms with Crippen LogP contribution in [0.2, 0.25) is 0 Å². The van der Waals surface area contributed by atoms with Gasteiger partial charge in [0, 0.05) is 25.1 Å². The molecular weight excluding hydrogens is 314 g/mol. The first-order chi connectivity index (χ1) is 12.2. The zero-order chi connectivity index (χ0) is 17.1. The van der Waals surface area contributed by atoms with Crippen molar-refractivity contribution in [2.75, 3.05) is 13.2 Å². The van der Waals surface area contributed by atoms with Crippen LogP contribution in [0.1, 0.15) is 36.8 Å². The van der Waals surface area contributed by atoms with E-state index in [1.807, 2.05) is 37.4 Å². The van der Waals surface area contributed by atoms with Gasteiger partial charge < -0.3 is 14.2 Å². The first-order valence-corrected chi connectivity index (χ1v) is 8.89. The van der Waals surface area contributed by atoms with Crippen LogP contribution in [0, 0.1) is 6.92 Å². The molecule has 1 aromatic heterocycles. The minimum atomic E-state index is -0.306. The van der Waals surface area contributed by atoms with Gasteiger partial charge in [-0.05, 0) is 43.0 Å². The van der Waals surface area contributed by atoms with Gasteiger partial charge in [-0.1, -0.05) is 29.8 Å². The molecule has 0 N–H and O–H groups in total. The predicted octanol–water partition coefficient (Wildman–Crippen LogP) is 4.88. The van der Waals surface area contributed by atoms with Crippen molar-refractivity contribution in [1.82, 2.24) is 4.98 Å². The Morgan fingerprint density at radius 2 is 1.88 bits per heavy atom. The third kappa shape index (κ3) is 3.91. The number of aromatic nitrogens is 1. The van der Waals surface area contributed by atoms with Crippen LogP contribution in [-0.2, 0) is 9.47 Å². The van der Waals surface area contributed by atoms with Crippen LogP contribution in [0.3, 0.4) is 0 Å². The van der Waals surface area contributed by atoms with Gasteiger partial charge in [0.1, 0.15) is 5.75 Å². The van der Waals surface area contributed by atoms with Gasteiger partial charge in [0.15, 0.2) is 5.79 Å². The van der Waals surface area contributed by atoms with Crippen LogP contribution in [0.5, 0.6) is 11.6 Å². The molecule has 2 aromatic rings. The molecule has 4 rings (SSSR count). The number of pyridine rings is 1. The highest BCUT2D eigenvalue weighted by Crippen LogP contribution is 2.38. The van der Waals surface area contributed by atoms with Crippen LogP contribution in [0.4, 0.5) is 0 Å². The summed E-state index contributed by atoms with van der Waals surface area (Å²) in [6.45, 7) is 3.47. The average Bonchev–Trinajstić information content (AvgIpc) is 3.08. The Hall–Kier alpha value is -2.17. The van der Waals surface area contributed by atoms with E-state index in [4.69, 9.17) is 14.2 Å². The smallest absolute Gasteiger partial charge is 0.219 e. The second kappa shape index (κ2) is 6.98. The minimum Gasteiger partial charge on any atom is -0.439 e. The number of hydrogen-bond donors (Lipinski definition) is 0. The molecule has 1 aromatic carbocycles. The monoisotopic (exact) mass is 337 g/mol. The molecule has 0 amide bonds. The van der Waals surface area contributed by atoms with E-state index in [0.717, 1.165) is 55.8 Å². The Morgan fingerprint density at radius 3 is 2.60 bits per heavy atom. The van der Waals surface area contributed by atoms with Gasteiger partial charge >= 0.3 is 0 Å². The highest BCUT2D eigenvalue weighted by Gasteiger charge is 2.38. The van der Waals surface area contributed by atoms with Crippen LogP contribution < -0.4 is 4.74 Å². The van der Waals surface area contributed by atoms with E-state index in [0.29, 0.717) is 5.88 Å². The molecule has 1 aliphatic heterocycles. The van der Waals surface area contributed by atoms with Gasteiger partial charge in [-0.15, -0.1) is 0 Å². The highest BCUT2D eigenvalue weighted by atomic mass is 16.7. The van der Waals surface area contributed by atoms with Crippen molar-refractivity contribution in [3.8, 4) is 11.6 Å². The Bertz CT molecular complexity index is 749. The summed E-state index contributed by atoms with van der Waals surface area (Å²) in [5, 5.41) is 0. The van der Waals surface area contributed by atoms with E-state index in [2.05, 4.69) is 23.2 Å². The fraction of sp³-hybridized carbons (Fsp3) is 0.381. The molecule has 1 spiro atoms. The third-order valence-electron chi connectivity index (χ3n) is 4.80. The molecule has 1 saturated heterocycles. The molecular formula is C21H23NO3. The zero-order valence-electron chi connectivity index (χ0n) is 14.5. The standard InChI is InChI=1S/C21H23NO3/c1-16-5-6-20(22-15-16)25-19-4-2-3-18(14-19)13-17-7-9-21(10-8-17)23-11-12-24-21/h2-6,13-15H,7-12H2,1H3. The number of rotatable bonds is 3. The fourth-order valence-corrected chi connectivity index (χ4v) is 3.42. The van der Waals surface area contributed by atoms with E-state index in [1.54, 1.807) is 0 Å². The summed E-state index contributed by atoms with van der Waals surface area (Å²) in [4.78, 5) is 4.29. The van der Waals surface area contributed by atoms with Crippen LogP contribution in [0.15, 0.2) is 48.2 Å². The van der Waals surface area contributed by atoms with Crippen molar-refractivity contribution in [2.45, 2.75) is 38.4 Å². The number of ether oxygens (including phenoxy) is 3. The number of aryl methyl sites for hydroxylation is 1. The first-order valence-electron chi connectivity index (χ1n) is 8.89. The number of hydrogen-bond acceptors (Lipinski definition) is 4. The van der Waals surface area contributed by atoms with Crippen molar-refractivity contribution in [3.05, 3.63) is 59.3 Å². The van der Waals surface area contributed by atoms with Gasteiger partial charge in [0.05, 0.1) is 13.2 Å². The summed E-state index contributed by atoms with van der Waals surface area (Å²) in [6.07, 6.45) is 8.00. The Kier molecular flexibility index (Phi) is 4.55. The lowest BCUT2D eigenvalue weighted by molar-refractivity contribution is -0.171. The predicted molar refractivity (Wildman–Crippen MR) is 96.6 cm³/mol. The first kappa shape index (κ1) is 16.3. The molecule has 0 atom stereocenters. The summed E-state index contributed by atoms with van der Waals surface area (Å²) in [5.41, 5.74) is 3.72. The minimum absolute atomic E-state index is 0.306. The van der Waals surface area contributed by atoms with Gasteiger partial charge in [-0.3, -0.25) is 0 Å². The van der Waals surface area contributed by atoms with Crippen LogP contribution in [-0.4, -0.2) is 24.0 Å². The maximum absolute atomic E-state index is 5.86. The van der Waals surface area contributed by atoms with E-state index in [9.17, 15) is 0 Å². The van der Waals surface area contributed by atoms with E-state index in [-0.39, 0.29) is 5.79 Å². The van der Waals surface area contributed by atoms with Crippen LogP contribution in [0.25, 0.3) is 6.08 Å². The Balaban J connectivity index is 1.43. The zero-order valence-corrected chi connectivity index (χ0v) is 14.5. The normalized spacial score (nSPS) is 19.2. The molecule has 4 heteroatoms. The SMILES string of the molecule is Cc1ccc(Oc2cccc(C=C3CCC4(CC3)OCCO4)c2)nc1. The second-order valence-corrected chi connectivity index (χ2v) is 6.76. The van der Waals surface area contributed by atoms with Gasteiger partial charge in [0.25, 0.3) is 0 Å². The lowest BCUT2D eigenvalue weighted by Gasteiger charge is -2.32. The quantitative estimate of drug-likeness (QED) is 0.800. The molecule has 1 saturated carbocycles.